The molecule has 6 nitrogen and oxygen atoms in total. The lowest BCUT2D eigenvalue weighted by atomic mass is 10.1. The maximum absolute atomic E-state index is 13.4. The normalized spacial score (nSPS) is 11.6. The van der Waals surface area contributed by atoms with Crippen molar-refractivity contribution in [2.75, 3.05) is 7.11 Å². The molecule has 0 aliphatic rings. The van der Waals surface area contributed by atoms with Crippen molar-refractivity contribution in [1.82, 2.24) is 4.98 Å². The average molecular weight is 423 g/mol. The fourth-order valence-corrected chi connectivity index (χ4v) is 3.86. The van der Waals surface area contributed by atoms with E-state index in [0.717, 1.165) is 18.3 Å². The quantitative estimate of drug-likeness (QED) is 0.451. The summed E-state index contributed by atoms with van der Waals surface area (Å²) in [5, 5.41) is 22.9. The van der Waals surface area contributed by atoms with Crippen LogP contribution in [0.25, 0.3) is 10.1 Å². The molecule has 154 valence electrons. The van der Waals surface area contributed by atoms with Crippen LogP contribution in [0.3, 0.4) is 0 Å². The number of carbonyl (C=O) groups excluding carboxylic acids is 1. The van der Waals surface area contributed by atoms with Crippen molar-refractivity contribution < 1.29 is 33.3 Å². The van der Waals surface area contributed by atoms with Crippen LogP contribution in [-0.4, -0.2) is 28.3 Å². The second kappa shape index (κ2) is 7.82. The summed E-state index contributed by atoms with van der Waals surface area (Å²) in [6.07, 6.45) is -0.0387. The van der Waals surface area contributed by atoms with Gasteiger partial charge in [0.1, 0.15) is 18.1 Å². The maximum Gasteiger partial charge on any atom is 0.310 e. The van der Waals surface area contributed by atoms with Crippen LogP contribution in [0.15, 0.2) is 23.6 Å². The summed E-state index contributed by atoms with van der Waals surface area (Å²) in [5.74, 6) is -3.80. The van der Waals surface area contributed by atoms with Gasteiger partial charge in [-0.1, -0.05) is 6.07 Å². The first kappa shape index (κ1) is 20.8. The molecule has 0 radical (unpaired) electrons. The lowest BCUT2D eigenvalue weighted by Crippen LogP contribution is -2.12. The van der Waals surface area contributed by atoms with Crippen molar-refractivity contribution >= 4 is 27.4 Å². The molecule has 0 amide bonds. The van der Waals surface area contributed by atoms with E-state index in [9.17, 15) is 23.8 Å². The van der Waals surface area contributed by atoms with E-state index in [4.69, 9.17) is 4.74 Å². The van der Waals surface area contributed by atoms with Gasteiger partial charge in [0.25, 0.3) is 5.92 Å². The van der Waals surface area contributed by atoms with Crippen LogP contribution in [-0.2, 0) is 28.5 Å². The number of hydrogen-bond donors (Lipinski definition) is 2. The molecule has 0 bridgehead atoms. The van der Waals surface area contributed by atoms with E-state index in [2.05, 4.69) is 9.72 Å². The number of benzene rings is 1. The number of halogens is 2. The zero-order valence-corrected chi connectivity index (χ0v) is 16.8. The maximum atomic E-state index is 13.4. The number of thiophene rings is 1. The summed E-state index contributed by atoms with van der Waals surface area (Å²) in [4.78, 5) is 15.4. The lowest BCUT2D eigenvalue weighted by Gasteiger charge is -2.14. The first-order valence-corrected chi connectivity index (χ1v) is 9.49. The molecule has 0 saturated carbocycles. The van der Waals surface area contributed by atoms with E-state index in [-0.39, 0.29) is 36.0 Å². The number of methoxy groups -OCH3 is 1. The number of aromatic hydroxyl groups is 2. The number of pyridine rings is 1. The van der Waals surface area contributed by atoms with Crippen LogP contribution in [0, 0.1) is 6.92 Å². The Kier molecular flexibility index (Phi) is 5.61. The third-order valence-corrected chi connectivity index (χ3v) is 5.47. The zero-order chi connectivity index (χ0) is 21.3. The van der Waals surface area contributed by atoms with Crippen LogP contribution in [0.4, 0.5) is 8.78 Å². The van der Waals surface area contributed by atoms with Gasteiger partial charge >= 0.3 is 5.97 Å². The molecular weight excluding hydrogens is 404 g/mol. The Bertz CT molecular complexity index is 1070. The summed E-state index contributed by atoms with van der Waals surface area (Å²) in [6, 6.07) is 3.97. The number of esters is 1. The van der Waals surface area contributed by atoms with Crippen molar-refractivity contribution in [1.29, 1.82) is 0 Å². The second-order valence-corrected chi connectivity index (χ2v) is 7.46. The van der Waals surface area contributed by atoms with Gasteiger partial charge in [-0.15, -0.1) is 11.3 Å². The van der Waals surface area contributed by atoms with Gasteiger partial charge < -0.3 is 19.7 Å². The number of rotatable bonds is 6. The number of aromatic nitrogens is 1. The Morgan fingerprint density at radius 3 is 2.62 bits per heavy atom. The lowest BCUT2D eigenvalue weighted by molar-refractivity contribution is -0.139. The van der Waals surface area contributed by atoms with Crippen molar-refractivity contribution in [3.63, 3.8) is 0 Å². The number of nitrogens with zero attached hydrogens (tertiary/aromatic N) is 1. The van der Waals surface area contributed by atoms with Crippen molar-refractivity contribution in [2.45, 2.75) is 32.8 Å². The predicted molar refractivity (Wildman–Crippen MR) is 104 cm³/mol. The smallest absolute Gasteiger partial charge is 0.310 e. The van der Waals surface area contributed by atoms with Crippen LogP contribution in [0.2, 0.25) is 0 Å². The minimum atomic E-state index is -3.04. The first-order valence-electron chi connectivity index (χ1n) is 8.61. The molecule has 2 N–H and O–H groups in total. The molecule has 0 saturated heterocycles. The third kappa shape index (κ3) is 4.24. The van der Waals surface area contributed by atoms with Gasteiger partial charge in [0.05, 0.1) is 18.2 Å². The molecule has 29 heavy (non-hydrogen) atoms. The Morgan fingerprint density at radius 2 is 2.00 bits per heavy atom. The highest BCUT2D eigenvalue weighted by atomic mass is 32.1. The van der Waals surface area contributed by atoms with Gasteiger partial charge in [-0.25, -0.2) is 0 Å². The Balaban J connectivity index is 1.86. The molecule has 0 aliphatic heterocycles. The number of fused-ring (bicyclic) bond motifs is 1. The minimum absolute atomic E-state index is 0.0331. The van der Waals surface area contributed by atoms with E-state index >= 15 is 0 Å². The van der Waals surface area contributed by atoms with Crippen molar-refractivity contribution in [2.24, 2.45) is 0 Å². The van der Waals surface area contributed by atoms with E-state index < -0.39 is 11.9 Å². The Hall–Kier alpha value is -2.94. The topological polar surface area (TPSA) is 88.9 Å². The predicted octanol–water partition coefficient (Wildman–Crippen LogP) is 4.42. The summed E-state index contributed by atoms with van der Waals surface area (Å²) < 4.78 is 37.4. The largest absolute Gasteiger partial charge is 0.507 e. The van der Waals surface area contributed by atoms with Gasteiger partial charge in [-0.05, 0) is 23.9 Å². The number of hydrogen-bond acceptors (Lipinski definition) is 7. The highest BCUT2D eigenvalue weighted by Gasteiger charge is 2.26. The monoisotopic (exact) mass is 423 g/mol. The Labute approximate surface area is 169 Å². The van der Waals surface area contributed by atoms with Crippen LogP contribution >= 0.6 is 11.3 Å². The summed E-state index contributed by atoms with van der Waals surface area (Å²) in [7, 11) is 1.27. The molecule has 2 heterocycles. The van der Waals surface area contributed by atoms with E-state index in [1.165, 1.54) is 25.3 Å². The van der Waals surface area contributed by atoms with Crippen LogP contribution in [0.1, 0.15) is 29.4 Å². The number of phenols is 2. The molecule has 0 atom stereocenters. The number of aryl methyl sites for hydroxylation is 1. The van der Waals surface area contributed by atoms with Crippen LogP contribution in [0.5, 0.6) is 17.2 Å². The molecule has 3 rings (SSSR count). The number of ether oxygens (including phenoxy) is 2. The van der Waals surface area contributed by atoms with E-state index in [1.54, 1.807) is 12.3 Å². The number of carbonyl (C=O) groups is 1. The van der Waals surface area contributed by atoms with Crippen LogP contribution < -0.4 is 4.74 Å². The van der Waals surface area contributed by atoms with Gasteiger partial charge in [0, 0.05) is 29.6 Å². The molecule has 2 aromatic heterocycles. The number of alkyl halides is 2. The molecule has 9 heteroatoms. The van der Waals surface area contributed by atoms with E-state index in [0.29, 0.717) is 26.9 Å². The fraction of sp³-hybridized carbons (Fsp3) is 0.300. The Morgan fingerprint density at radius 1 is 1.28 bits per heavy atom. The van der Waals surface area contributed by atoms with Crippen molar-refractivity contribution in [3.8, 4) is 17.2 Å². The molecular formula is C20H19F2NO5S. The van der Waals surface area contributed by atoms with Gasteiger partial charge in [0.15, 0.2) is 11.5 Å². The van der Waals surface area contributed by atoms with Gasteiger partial charge in [-0.3, -0.25) is 9.78 Å². The average Bonchev–Trinajstić information content (AvgIpc) is 3.07. The second-order valence-electron chi connectivity index (χ2n) is 6.58. The SMILES string of the molecule is COC(=O)Cc1csc2c(O)c(OCc3ccc(C(C)(F)F)nc3C)cc(O)c12. The van der Waals surface area contributed by atoms with Gasteiger partial charge in [0.2, 0.25) is 0 Å². The molecule has 0 unspecified atom stereocenters. The molecule has 0 aliphatic carbocycles. The third-order valence-electron chi connectivity index (χ3n) is 4.43. The molecule has 3 aromatic rings. The van der Waals surface area contributed by atoms with Gasteiger partial charge in [-0.2, -0.15) is 8.78 Å². The number of phenolic OH excluding ortho intramolecular Hbond substituents is 2. The highest BCUT2D eigenvalue weighted by molar-refractivity contribution is 7.17. The fourth-order valence-electron chi connectivity index (χ4n) is 2.84. The van der Waals surface area contributed by atoms with E-state index in [1.807, 2.05) is 0 Å². The molecule has 0 spiro atoms. The molecule has 0 fully saturated rings. The standard InChI is InChI=1S/C20H19F2NO5S/c1-10-11(4-5-15(23-10)20(2,21)22)8-28-14-7-13(24)17-12(6-16(25)27-3)9-29-19(17)18(14)26/h4-5,7,9,24,26H,6,8H2,1-3H3. The zero-order valence-electron chi connectivity index (χ0n) is 16.0. The summed E-state index contributed by atoms with van der Waals surface area (Å²) >= 11 is 1.16. The summed E-state index contributed by atoms with van der Waals surface area (Å²) in [6.45, 7) is 2.33. The summed E-state index contributed by atoms with van der Waals surface area (Å²) in [5.41, 5.74) is 1.14. The first-order chi connectivity index (χ1) is 13.6. The minimum Gasteiger partial charge on any atom is -0.507 e. The van der Waals surface area contributed by atoms with Crippen molar-refractivity contribution in [3.05, 3.63) is 46.1 Å². The molecule has 1 aromatic carbocycles. The highest BCUT2D eigenvalue weighted by Crippen LogP contribution is 2.45.